The summed E-state index contributed by atoms with van der Waals surface area (Å²) in [6.45, 7) is 4.57. The summed E-state index contributed by atoms with van der Waals surface area (Å²) in [5.41, 5.74) is -5.53. The normalized spacial score (nSPS) is 12.2. The van der Waals surface area contributed by atoms with E-state index in [9.17, 15) is 18.0 Å². The molecule has 1 N–H and O–H groups in total. The van der Waals surface area contributed by atoms with Gasteiger partial charge in [0.2, 0.25) is 0 Å². The van der Waals surface area contributed by atoms with Crippen LogP contribution in [0.5, 0.6) is 0 Å². The van der Waals surface area contributed by atoms with E-state index < -0.39 is 15.6 Å². The van der Waals surface area contributed by atoms with Gasteiger partial charge in [0.15, 0.2) is 0 Å². The molecule has 6 nitrogen and oxygen atoms in total. The molecule has 0 aromatic carbocycles. The van der Waals surface area contributed by atoms with Gasteiger partial charge in [-0.3, -0.25) is 4.55 Å². The van der Waals surface area contributed by atoms with Crippen molar-refractivity contribution in [2.45, 2.75) is 5.51 Å². The van der Waals surface area contributed by atoms with Crippen LogP contribution < -0.4 is 0 Å². The first-order valence-corrected chi connectivity index (χ1v) is 6.28. The number of halogens is 3. The molecular weight excluding hydrogens is 291 g/mol. The first-order chi connectivity index (χ1) is 8.20. The van der Waals surface area contributed by atoms with Gasteiger partial charge in [0.05, 0.1) is 21.1 Å². The standard InChI is InChI=1S/C8H16NO2.CHF3O3S/c1-5-8(10)11-7-6-9(2,3)4;2-1(3,4)8(5,6)7/h5H,1,6-7H2,2-4H3;(H,5,6,7)/q+1;. The Balaban J connectivity index is 0. The number of alkyl halides is 3. The number of hydrogen-bond donors (Lipinski definition) is 1. The van der Waals surface area contributed by atoms with E-state index in [4.69, 9.17) is 17.7 Å². The molecule has 0 aliphatic heterocycles. The molecule has 0 aromatic rings. The third-order valence-electron chi connectivity index (χ3n) is 1.47. The van der Waals surface area contributed by atoms with Crippen LogP contribution in [0.3, 0.4) is 0 Å². The largest absolute Gasteiger partial charge is 0.522 e. The second kappa shape index (κ2) is 7.46. The molecule has 10 heteroatoms. The highest BCUT2D eigenvalue weighted by Crippen LogP contribution is 2.20. The Morgan fingerprint density at radius 1 is 1.37 bits per heavy atom. The molecule has 0 saturated carbocycles. The topological polar surface area (TPSA) is 80.7 Å². The van der Waals surface area contributed by atoms with Gasteiger partial charge in [-0.25, -0.2) is 4.79 Å². The number of likely N-dealkylation sites (N-methyl/N-ethyl adjacent to an activating group) is 1. The number of hydrogen-bond acceptors (Lipinski definition) is 4. The van der Waals surface area contributed by atoms with E-state index in [1.807, 2.05) is 21.1 Å². The first kappa shape index (κ1) is 20.2. The van der Waals surface area contributed by atoms with Crippen LogP contribution in [0, 0.1) is 0 Å². The van der Waals surface area contributed by atoms with Gasteiger partial charge in [0, 0.05) is 6.08 Å². The first-order valence-electron chi connectivity index (χ1n) is 4.84. The van der Waals surface area contributed by atoms with Gasteiger partial charge in [-0.2, -0.15) is 21.6 Å². The average molecular weight is 308 g/mol. The summed E-state index contributed by atoms with van der Waals surface area (Å²) < 4.78 is 63.1. The molecule has 0 aliphatic carbocycles. The number of ether oxygens (including phenoxy) is 1. The molecular formula is C9H17F3NO5S+. The maximum Gasteiger partial charge on any atom is 0.522 e. The maximum absolute atomic E-state index is 10.7. The van der Waals surface area contributed by atoms with Crippen LogP contribution in [0.2, 0.25) is 0 Å². The number of nitrogens with zero attached hydrogens (tertiary/aromatic N) is 1. The van der Waals surface area contributed by atoms with Crippen LogP contribution in [-0.4, -0.2) is 63.2 Å². The molecule has 0 rings (SSSR count). The molecule has 0 saturated heterocycles. The van der Waals surface area contributed by atoms with Crippen molar-refractivity contribution in [1.29, 1.82) is 0 Å². The number of carbonyl (C=O) groups excluding carboxylic acids is 1. The second-order valence-electron chi connectivity index (χ2n) is 4.31. The Hall–Kier alpha value is -1.13. The van der Waals surface area contributed by atoms with E-state index in [-0.39, 0.29) is 5.97 Å². The number of quaternary nitrogens is 1. The number of esters is 1. The van der Waals surface area contributed by atoms with Crippen molar-refractivity contribution in [2.24, 2.45) is 0 Å². The van der Waals surface area contributed by atoms with Crippen molar-refractivity contribution in [1.82, 2.24) is 0 Å². The summed E-state index contributed by atoms with van der Waals surface area (Å²) in [6.07, 6.45) is 1.18. The predicted octanol–water partition coefficient (Wildman–Crippen LogP) is 0.816. The lowest BCUT2D eigenvalue weighted by Crippen LogP contribution is -2.37. The Morgan fingerprint density at radius 3 is 1.95 bits per heavy atom. The fourth-order valence-corrected chi connectivity index (χ4v) is 0.479. The van der Waals surface area contributed by atoms with Crippen LogP contribution in [0.15, 0.2) is 12.7 Å². The van der Waals surface area contributed by atoms with Gasteiger partial charge >= 0.3 is 21.6 Å². The van der Waals surface area contributed by atoms with Crippen molar-refractivity contribution < 1.29 is 40.2 Å². The monoisotopic (exact) mass is 308 g/mol. The van der Waals surface area contributed by atoms with Crippen LogP contribution in [0.4, 0.5) is 13.2 Å². The molecule has 0 aliphatic rings. The number of rotatable bonds is 4. The molecule has 0 atom stereocenters. The summed E-state index contributed by atoms with van der Waals surface area (Å²) in [5, 5.41) is 0. The van der Waals surface area contributed by atoms with Gasteiger partial charge in [-0.05, 0) is 0 Å². The quantitative estimate of drug-likeness (QED) is 0.273. The molecule has 0 radical (unpaired) electrons. The highest BCUT2D eigenvalue weighted by atomic mass is 32.2. The van der Waals surface area contributed by atoms with Gasteiger partial charge < -0.3 is 9.22 Å². The van der Waals surface area contributed by atoms with Gasteiger partial charge in [-0.15, -0.1) is 0 Å². The lowest BCUT2D eigenvalue weighted by molar-refractivity contribution is -0.870. The molecule has 0 bridgehead atoms. The molecule has 0 spiro atoms. The Morgan fingerprint density at radius 2 is 1.74 bits per heavy atom. The van der Waals surface area contributed by atoms with Crippen molar-refractivity contribution in [2.75, 3.05) is 34.3 Å². The van der Waals surface area contributed by atoms with Crippen LogP contribution in [0.25, 0.3) is 0 Å². The molecule has 0 amide bonds. The van der Waals surface area contributed by atoms with E-state index in [1.165, 1.54) is 6.08 Å². The third kappa shape index (κ3) is 13.1. The van der Waals surface area contributed by atoms with Crippen molar-refractivity contribution in [3.63, 3.8) is 0 Å². The average Bonchev–Trinajstić information content (AvgIpc) is 2.13. The lowest BCUT2D eigenvalue weighted by Gasteiger charge is -2.23. The number of carbonyl (C=O) groups is 1. The summed E-state index contributed by atoms with van der Waals surface area (Å²) >= 11 is 0. The molecule has 0 aromatic heterocycles. The van der Waals surface area contributed by atoms with Gasteiger partial charge in [-0.1, -0.05) is 6.58 Å². The van der Waals surface area contributed by atoms with Crippen LogP contribution in [-0.2, 0) is 19.6 Å². The molecule has 0 fully saturated rings. The minimum Gasteiger partial charge on any atom is -0.457 e. The lowest BCUT2D eigenvalue weighted by atomic mass is 10.5. The van der Waals surface area contributed by atoms with Crippen molar-refractivity contribution in [3.8, 4) is 0 Å². The highest BCUT2D eigenvalue weighted by Gasteiger charge is 2.44. The highest BCUT2D eigenvalue weighted by molar-refractivity contribution is 7.86. The molecule has 0 unspecified atom stereocenters. The second-order valence-corrected chi connectivity index (χ2v) is 5.72. The zero-order valence-corrected chi connectivity index (χ0v) is 11.6. The zero-order valence-electron chi connectivity index (χ0n) is 10.8. The molecule has 19 heavy (non-hydrogen) atoms. The minimum atomic E-state index is -5.84. The summed E-state index contributed by atoms with van der Waals surface area (Å²) in [6, 6.07) is 0. The Bertz CT molecular complexity index is 397. The van der Waals surface area contributed by atoms with Crippen LogP contribution in [0.1, 0.15) is 0 Å². The Kier molecular flexibility index (Phi) is 7.93. The van der Waals surface area contributed by atoms with Crippen LogP contribution >= 0.6 is 0 Å². The maximum atomic E-state index is 10.7. The smallest absolute Gasteiger partial charge is 0.457 e. The van der Waals surface area contributed by atoms with Gasteiger partial charge in [0.1, 0.15) is 13.2 Å². The predicted molar refractivity (Wildman–Crippen MR) is 61.7 cm³/mol. The van der Waals surface area contributed by atoms with Crippen molar-refractivity contribution >= 4 is 16.1 Å². The minimum absolute atomic E-state index is 0.349. The summed E-state index contributed by atoms with van der Waals surface area (Å²) in [5.74, 6) is -0.349. The summed E-state index contributed by atoms with van der Waals surface area (Å²) in [4.78, 5) is 10.6. The SMILES string of the molecule is C=CC(=O)OCC[N+](C)(C)C.O=S(=O)(O)C(F)(F)F. The van der Waals surface area contributed by atoms with E-state index >= 15 is 0 Å². The van der Waals surface area contributed by atoms with E-state index in [2.05, 4.69) is 6.58 Å². The zero-order chi connectivity index (χ0) is 15.9. The Labute approximate surface area is 109 Å². The fourth-order valence-electron chi connectivity index (χ4n) is 0.479. The fraction of sp³-hybridized carbons (Fsp3) is 0.667. The van der Waals surface area contributed by atoms with E-state index in [1.54, 1.807) is 0 Å². The van der Waals surface area contributed by atoms with E-state index in [0.29, 0.717) is 6.61 Å². The van der Waals surface area contributed by atoms with Gasteiger partial charge in [0.25, 0.3) is 0 Å². The van der Waals surface area contributed by atoms with E-state index in [0.717, 1.165) is 11.0 Å². The molecule has 0 heterocycles. The van der Waals surface area contributed by atoms with Crippen molar-refractivity contribution in [3.05, 3.63) is 12.7 Å². The molecule has 114 valence electrons. The summed E-state index contributed by atoms with van der Waals surface area (Å²) in [7, 11) is 0.290. The third-order valence-corrected chi connectivity index (χ3v) is 2.05.